The third-order valence-corrected chi connectivity index (χ3v) is 2.55. The van der Waals surface area contributed by atoms with Gasteiger partial charge in [0.15, 0.2) is 0 Å². The molecule has 82 valence electrons. The molecule has 1 heterocycles. The van der Waals surface area contributed by atoms with Crippen molar-refractivity contribution in [2.45, 2.75) is 6.92 Å². The third kappa shape index (κ3) is 2.11. The lowest BCUT2D eigenvalue weighted by atomic mass is 10.3. The van der Waals surface area contributed by atoms with E-state index in [0.29, 0.717) is 10.2 Å². The summed E-state index contributed by atoms with van der Waals surface area (Å²) in [6.45, 7) is 1.86. The number of aromatic nitrogens is 2. The van der Waals surface area contributed by atoms with Crippen molar-refractivity contribution in [2.75, 3.05) is 0 Å². The van der Waals surface area contributed by atoms with Gasteiger partial charge in [0.05, 0.1) is 22.6 Å². The molecule has 0 aliphatic carbocycles. The molecule has 0 bridgehead atoms. The summed E-state index contributed by atoms with van der Waals surface area (Å²) in [5.74, 6) is 0. The van der Waals surface area contributed by atoms with E-state index in [1.165, 1.54) is 12.1 Å². The lowest BCUT2D eigenvalue weighted by Crippen LogP contribution is -1.94. The number of nitro benzene ring substituents is 1. The smallest absolute Gasteiger partial charge is 0.272 e. The molecule has 5 nitrogen and oxygen atoms in total. The van der Waals surface area contributed by atoms with Crippen molar-refractivity contribution in [1.82, 2.24) is 9.55 Å². The molecule has 0 aliphatic heterocycles. The van der Waals surface area contributed by atoms with Crippen LogP contribution in [-0.4, -0.2) is 14.5 Å². The Hall–Kier alpha value is -1.69. The summed E-state index contributed by atoms with van der Waals surface area (Å²) in [4.78, 5) is 14.4. The lowest BCUT2D eigenvalue weighted by molar-refractivity contribution is -0.384. The minimum Gasteiger partial charge on any atom is -0.306 e. The first-order valence-corrected chi connectivity index (χ1v) is 5.31. The Kier molecular flexibility index (Phi) is 2.74. The molecule has 0 atom stereocenters. The summed E-state index contributed by atoms with van der Waals surface area (Å²) >= 11 is 3.25. The van der Waals surface area contributed by atoms with Crippen LogP contribution in [0.2, 0.25) is 0 Å². The zero-order chi connectivity index (χ0) is 11.7. The molecular formula is C10H8BrN3O2. The summed E-state index contributed by atoms with van der Waals surface area (Å²) in [5, 5.41) is 10.7. The molecule has 16 heavy (non-hydrogen) atoms. The first-order valence-electron chi connectivity index (χ1n) is 4.52. The molecule has 0 amide bonds. The van der Waals surface area contributed by atoms with E-state index in [1.54, 1.807) is 17.0 Å². The number of nitrogens with zero attached hydrogens (tertiary/aromatic N) is 3. The minimum atomic E-state index is -0.419. The average molecular weight is 282 g/mol. The van der Waals surface area contributed by atoms with E-state index >= 15 is 0 Å². The van der Waals surface area contributed by atoms with Crippen LogP contribution >= 0.6 is 15.9 Å². The van der Waals surface area contributed by atoms with Gasteiger partial charge in [0, 0.05) is 22.8 Å². The van der Waals surface area contributed by atoms with Crippen molar-refractivity contribution in [2.24, 2.45) is 0 Å². The Balaban J connectivity index is 2.53. The molecule has 1 aromatic heterocycles. The SMILES string of the molecule is Cc1cn(-c2cc(Br)cc([N+](=O)[O-])c2)cn1. The van der Waals surface area contributed by atoms with Gasteiger partial charge in [-0.15, -0.1) is 0 Å². The first-order chi connectivity index (χ1) is 7.56. The Bertz CT molecular complexity index is 551. The van der Waals surface area contributed by atoms with Gasteiger partial charge in [-0.2, -0.15) is 0 Å². The van der Waals surface area contributed by atoms with E-state index in [1.807, 2.05) is 13.1 Å². The standard InChI is InChI=1S/C10H8BrN3O2/c1-7-5-13(6-12-7)9-2-8(11)3-10(4-9)14(15)16/h2-6H,1H3. The highest BCUT2D eigenvalue weighted by Gasteiger charge is 2.09. The summed E-state index contributed by atoms with van der Waals surface area (Å²) in [6, 6.07) is 4.77. The van der Waals surface area contributed by atoms with Gasteiger partial charge in [-0.1, -0.05) is 15.9 Å². The number of imidazole rings is 1. The van der Waals surface area contributed by atoms with E-state index in [4.69, 9.17) is 0 Å². The summed E-state index contributed by atoms with van der Waals surface area (Å²) in [7, 11) is 0. The van der Waals surface area contributed by atoms with Crippen LogP contribution in [0, 0.1) is 17.0 Å². The Labute approximate surface area is 100 Å². The molecule has 6 heteroatoms. The highest BCUT2D eigenvalue weighted by molar-refractivity contribution is 9.10. The molecule has 0 spiro atoms. The zero-order valence-electron chi connectivity index (χ0n) is 8.42. The maximum absolute atomic E-state index is 10.7. The van der Waals surface area contributed by atoms with Crippen LogP contribution in [0.4, 0.5) is 5.69 Å². The molecule has 0 N–H and O–H groups in total. The number of rotatable bonds is 2. The fourth-order valence-electron chi connectivity index (χ4n) is 1.38. The number of benzene rings is 1. The molecule has 2 rings (SSSR count). The van der Waals surface area contributed by atoms with Gasteiger partial charge in [-0.3, -0.25) is 10.1 Å². The van der Waals surface area contributed by atoms with E-state index in [0.717, 1.165) is 5.69 Å². The number of aryl methyl sites for hydroxylation is 1. The summed E-state index contributed by atoms with van der Waals surface area (Å²) in [5.41, 5.74) is 1.63. The molecule has 0 saturated carbocycles. The average Bonchev–Trinajstić information content (AvgIpc) is 2.64. The van der Waals surface area contributed by atoms with E-state index in [-0.39, 0.29) is 5.69 Å². The van der Waals surface area contributed by atoms with E-state index in [2.05, 4.69) is 20.9 Å². The van der Waals surface area contributed by atoms with Gasteiger partial charge in [0.2, 0.25) is 0 Å². The Morgan fingerprint density at radius 1 is 1.44 bits per heavy atom. The third-order valence-electron chi connectivity index (χ3n) is 2.09. The highest BCUT2D eigenvalue weighted by atomic mass is 79.9. The summed E-state index contributed by atoms with van der Waals surface area (Å²) in [6.07, 6.45) is 3.44. The second-order valence-corrected chi connectivity index (χ2v) is 4.26. The van der Waals surface area contributed by atoms with Crippen molar-refractivity contribution in [3.63, 3.8) is 0 Å². The predicted octanol–water partition coefficient (Wildman–Crippen LogP) is 2.85. The fraction of sp³-hybridized carbons (Fsp3) is 0.100. The Morgan fingerprint density at radius 2 is 2.19 bits per heavy atom. The van der Waals surface area contributed by atoms with Crippen molar-refractivity contribution in [1.29, 1.82) is 0 Å². The number of non-ortho nitro benzene ring substituents is 1. The topological polar surface area (TPSA) is 61.0 Å². The largest absolute Gasteiger partial charge is 0.306 e. The van der Waals surface area contributed by atoms with Crippen LogP contribution in [0.3, 0.4) is 0 Å². The number of nitro groups is 1. The zero-order valence-corrected chi connectivity index (χ0v) is 10.0. The minimum absolute atomic E-state index is 0.0516. The monoisotopic (exact) mass is 281 g/mol. The second-order valence-electron chi connectivity index (χ2n) is 3.35. The Morgan fingerprint density at radius 3 is 2.75 bits per heavy atom. The number of hydrogen-bond acceptors (Lipinski definition) is 3. The molecule has 2 aromatic rings. The van der Waals surface area contributed by atoms with Gasteiger partial charge in [-0.25, -0.2) is 4.98 Å². The van der Waals surface area contributed by atoms with Gasteiger partial charge >= 0.3 is 0 Å². The summed E-state index contributed by atoms with van der Waals surface area (Å²) < 4.78 is 2.41. The molecule has 0 fully saturated rings. The van der Waals surface area contributed by atoms with Crippen molar-refractivity contribution in [3.8, 4) is 5.69 Å². The van der Waals surface area contributed by atoms with Gasteiger partial charge < -0.3 is 4.57 Å². The second kappa shape index (κ2) is 4.05. The van der Waals surface area contributed by atoms with Crippen molar-refractivity contribution in [3.05, 3.63) is 51.0 Å². The molecule has 0 unspecified atom stereocenters. The fourth-order valence-corrected chi connectivity index (χ4v) is 1.85. The van der Waals surface area contributed by atoms with Crippen LogP contribution in [0.5, 0.6) is 0 Å². The molecule has 1 aromatic carbocycles. The van der Waals surface area contributed by atoms with Gasteiger partial charge in [0.1, 0.15) is 0 Å². The number of halogens is 1. The van der Waals surface area contributed by atoms with Crippen molar-refractivity contribution >= 4 is 21.6 Å². The van der Waals surface area contributed by atoms with E-state index < -0.39 is 4.92 Å². The van der Waals surface area contributed by atoms with Crippen LogP contribution in [0.25, 0.3) is 5.69 Å². The molecule has 0 aliphatic rings. The van der Waals surface area contributed by atoms with Crippen LogP contribution in [-0.2, 0) is 0 Å². The maximum atomic E-state index is 10.7. The molecule has 0 saturated heterocycles. The molecular weight excluding hydrogens is 274 g/mol. The maximum Gasteiger partial charge on any atom is 0.272 e. The van der Waals surface area contributed by atoms with Crippen LogP contribution in [0.1, 0.15) is 5.69 Å². The van der Waals surface area contributed by atoms with Crippen LogP contribution in [0.15, 0.2) is 35.2 Å². The quantitative estimate of drug-likeness (QED) is 0.628. The molecule has 0 radical (unpaired) electrons. The number of hydrogen-bond donors (Lipinski definition) is 0. The highest BCUT2D eigenvalue weighted by Crippen LogP contribution is 2.23. The van der Waals surface area contributed by atoms with Crippen LogP contribution < -0.4 is 0 Å². The van der Waals surface area contributed by atoms with Gasteiger partial charge in [-0.05, 0) is 13.0 Å². The van der Waals surface area contributed by atoms with Gasteiger partial charge in [0.25, 0.3) is 5.69 Å². The predicted molar refractivity (Wildman–Crippen MR) is 62.7 cm³/mol. The lowest BCUT2D eigenvalue weighted by Gasteiger charge is -2.02. The first kappa shape index (κ1) is 10.8. The van der Waals surface area contributed by atoms with Crippen molar-refractivity contribution < 1.29 is 4.92 Å². The van der Waals surface area contributed by atoms with E-state index in [9.17, 15) is 10.1 Å². The normalized spacial score (nSPS) is 10.4.